The Hall–Kier alpha value is -3.23. The second-order valence-corrected chi connectivity index (χ2v) is 8.45. The smallest absolute Gasteiger partial charge is 0.295 e. The first-order valence-corrected chi connectivity index (χ1v) is 10.9. The van der Waals surface area contributed by atoms with Crippen LogP contribution in [-0.4, -0.2) is 71.1 Å². The second-order valence-electron chi connectivity index (χ2n) is 8.45. The van der Waals surface area contributed by atoms with Gasteiger partial charge < -0.3 is 19.8 Å². The molecule has 2 N–H and O–H groups in total. The number of ketones is 1. The fraction of sp³-hybridized carbons (Fsp3) is 0.360. The molecule has 0 spiro atoms. The van der Waals surface area contributed by atoms with Crippen LogP contribution in [0.25, 0.3) is 5.76 Å². The number of hydrogen-bond donors (Lipinski definition) is 2. The number of halogens is 1. The molecule has 1 amide bonds. The highest BCUT2D eigenvalue weighted by molar-refractivity contribution is 6.46. The van der Waals surface area contributed by atoms with Crippen molar-refractivity contribution in [2.24, 2.45) is 0 Å². The fourth-order valence-electron chi connectivity index (χ4n) is 4.31. The van der Waals surface area contributed by atoms with E-state index < -0.39 is 29.3 Å². The van der Waals surface area contributed by atoms with Crippen LogP contribution in [0.15, 0.2) is 42.0 Å². The lowest BCUT2D eigenvalue weighted by molar-refractivity contribution is -0.140. The molecular weight excluding hydrogens is 427 g/mol. The third-order valence-corrected chi connectivity index (χ3v) is 6.35. The molecule has 33 heavy (non-hydrogen) atoms. The minimum absolute atomic E-state index is 0.0800. The summed E-state index contributed by atoms with van der Waals surface area (Å²) < 4.78 is 19.0. The number of ether oxygens (including phenoxy) is 1. The van der Waals surface area contributed by atoms with E-state index in [2.05, 4.69) is 4.90 Å². The molecule has 2 aromatic rings. The van der Waals surface area contributed by atoms with Gasteiger partial charge in [0.2, 0.25) is 0 Å². The van der Waals surface area contributed by atoms with Crippen LogP contribution in [0, 0.1) is 19.7 Å². The Morgan fingerprint density at radius 3 is 2.36 bits per heavy atom. The third kappa shape index (κ3) is 4.49. The van der Waals surface area contributed by atoms with Gasteiger partial charge in [-0.05, 0) is 54.8 Å². The number of morpholine rings is 1. The molecule has 0 saturated carbocycles. The van der Waals surface area contributed by atoms with Crippen molar-refractivity contribution < 1.29 is 28.9 Å². The zero-order valence-electron chi connectivity index (χ0n) is 18.7. The van der Waals surface area contributed by atoms with Crippen LogP contribution in [0.1, 0.15) is 28.3 Å². The Balaban J connectivity index is 1.78. The quantitative estimate of drug-likeness (QED) is 0.410. The van der Waals surface area contributed by atoms with Crippen molar-refractivity contribution in [3.8, 4) is 5.75 Å². The minimum Gasteiger partial charge on any atom is -0.507 e. The predicted octanol–water partition coefficient (Wildman–Crippen LogP) is 2.90. The number of Topliss-reactive ketones (excluding diaryl/α,β-unsaturated/α-hetero) is 1. The summed E-state index contributed by atoms with van der Waals surface area (Å²) in [7, 11) is 0. The van der Waals surface area contributed by atoms with E-state index in [4.69, 9.17) is 4.74 Å². The molecule has 2 saturated heterocycles. The molecular formula is C25H27FN2O5. The summed E-state index contributed by atoms with van der Waals surface area (Å²) >= 11 is 0. The average Bonchev–Trinajstić information content (AvgIpc) is 3.05. The van der Waals surface area contributed by atoms with E-state index in [1.807, 2.05) is 13.8 Å². The van der Waals surface area contributed by atoms with Crippen LogP contribution in [0.2, 0.25) is 0 Å². The standard InChI is InChI=1S/C25H27FN2O5/c1-15-13-19(20(29)14-16(15)2)23(30)21-22(17-3-5-18(26)6-4-17)28(25(32)24(21)31)8-7-27-9-11-33-12-10-27/h3-6,13-14,22,29-30H,7-12H2,1-2H3. The number of benzene rings is 2. The van der Waals surface area contributed by atoms with Gasteiger partial charge in [0.15, 0.2) is 0 Å². The monoisotopic (exact) mass is 454 g/mol. The average molecular weight is 454 g/mol. The molecule has 1 atom stereocenters. The van der Waals surface area contributed by atoms with E-state index in [1.165, 1.54) is 35.2 Å². The molecule has 2 aromatic carbocycles. The third-order valence-electron chi connectivity index (χ3n) is 6.35. The van der Waals surface area contributed by atoms with E-state index in [9.17, 15) is 24.2 Å². The number of nitrogens with zero attached hydrogens (tertiary/aromatic N) is 2. The van der Waals surface area contributed by atoms with Gasteiger partial charge in [-0.2, -0.15) is 0 Å². The van der Waals surface area contributed by atoms with Crippen LogP contribution in [0.5, 0.6) is 5.75 Å². The second kappa shape index (κ2) is 9.33. The predicted molar refractivity (Wildman–Crippen MR) is 120 cm³/mol. The maximum atomic E-state index is 13.6. The van der Waals surface area contributed by atoms with Crippen molar-refractivity contribution in [3.05, 3.63) is 70.0 Å². The number of rotatable bonds is 5. The van der Waals surface area contributed by atoms with Gasteiger partial charge in [0, 0.05) is 26.2 Å². The number of aryl methyl sites for hydroxylation is 2. The van der Waals surface area contributed by atoms with Gasteiger partial charge in [0.25, 0.3) is 11.7 Å². The summed E-state index contributed by atoms with van der Waals surface area (Å²) in [4.78, 5) is 29.7. The lowest BCUT2D eigenvalue weighted by atomic mass is 9.94. The molecule has 0 bridgehead atoms. The number of likely N-dealkylation sites (tertiary alicyclic amines) is 1. The van der Waals surface area contributed by atoms with Crippen LogP contribution in [-0.2, 0) is 14.3 Å². The van der Waals surface area contributed by atoms with E-state index in [0.717, 1.165) is 24.2 Å². The highest BCUT2D eigenvalue weighted by Crippen LogP contribution is 2.41. The summed E-state index contributed by atoms with van der Waals surface area (Å²) in [6.45, 7) is 7.08. The van der Waals surface area contributed by atoms with Gasteiger partial charge in [-0.15, -0.1) is 0 Å². The highest BCUT2D eigenvalue weighted by atomic mass is 19.1. The molecule has 0 radical (unpaired) electrons. The van der Waals surface area contributed by atoms with Crippen molar-refractivity contribution in [1.82, 2.24) is 9.80 Å². The molecule has 2 aliphatic heterocycles. The number of aliphatic hydroxyl groups is 1. The van der Waals surface area contributed by atoms with Crippen molar-refractivity contribution in [2.45, 2.75) is 19.9 Å². The highest BCUT2D eigenvalue weighted by Gasteiger charge is 2.46. The van der Waals surface area contributed by atoms with E-state index >= 15 is 0 Å². The molecule has 1 unspecified atom stereocenters. The number of amides is 1. The van der Waals surface area contributed by atoms with Crippen LogP contribution < -0.4 is 0 Å². The van der Waals surface area contributed by atoms with Crippen LogP contribution in [0.4, 0.5) is 4.39 Å². The number of aliphatic hydroxyl groups excluding tert-OH is 1. The largest absolute Gasteiger partial charge is 0.507 e. The van der Waals surface area contributed by atoms with Gasteiger partial charge in [0.1, 0.15) is 17.3 Å². The van der Waals surface area contributed by atoms with Gasteiger partial charge in [0.05, 0.1) is 30.4 Å². The number of aromatic hydroxyl groups is 1. The minimum atomic E-state index is -0.896. The van der Waals surface area contributed by atoms with Crippen molar-refractivity contribution in [2.75, 3.05) is 39.4 Å². The lowest BCUT2D eigenvalue weighted by Crippen LogP contribution is -2.42. The Kier molecular flexibility index (Phi) is 6.49. The molecule has 8 heteroatoms. The fourth-order valence-corrected chi connectivity index (χ4v) is 4.31. The summed E-state index contributed by atoms with van der Waals surface area (Å²) in [5.41, 5.74) is 2.10. The van der Waals surface area contributed by atoms with Gasteiger partial charge in [-0.3, -0.25) is 14.5 Å². The maximum absolute atomic E-state index is 13.6. The maximum Gasteiger partial charge on any atom is 0.295 e. The Labute approximate surface area is 191 Å². The first-order chi connectivity index (χ1) is 15.8. The SMILES string of the molecule is Cc1cc(O)c(C(O)=C2C(=O)C(=O)N(CCN3CCOCC3)C2c2ccc(F)cc2)cc1C. The van der Waals surface area contributed by atoms with Gasteiger partial charge in [-0.1, -0.05) is 12.1 Å². The molecule has 4 rings (SSSR count). The topological polar surface area (TPSA) is 90.3 Å². The number of phenolic OH excluding ortho intramolecular Hbond substituents is 1. The molecule has 2 fully saturated rings. The Morgan fingerprint density at radius 1 is 1.06 bits per heavy atom. The van der Waals surface area contributed by atoms with Crippen molar-refractivity contribution in [3.63, 3.8) is 0 Å². The number of hydrogen-bond acceptors (Lipinski definition) is 6. The van der Waals surface area contributed by atoms with E-state index in [1.54, 1.807) is 6.07 Å². The van der Waals surface area contributed by atoms with E-state index in [0.29, 0.717) is 25.3 Å². The first-order valence-electron chi connectivity index (χ1n) is 10.9. The van der Waals surface area contributed by atoms with Crippen molar-refractivity contribution >= 4 is 17.4 Å². The zero-order valence-corrected chi connectivity index (χ0v) is 18.7. The molecule has 2 heterocycles. The zero-order chi connectivity index (χ0) is 23.7. The number of carbonyl (C=O) groups excluding carboxylic acids is 2. The molecule has 0 aromatic heterocycles. The summed E-state index contributed by atoms with van der Waals surface area (Å²) in [6.07, 6.45) is 0. The summed E-state index contributed by atoms with van der Waals surface area (Å²) in [6, 6.07) is 7.71. The Bertz CT molecular complexity index is 1110. The first kappa shape index (κ1) is 22.9. The van der Waals surface area contributed by atoms with E-state index in [-0.39, 0.29) is 23.4 Å². The lowest BCUT2D eigenvalue weighted by Gasteiger charge is -2.31. The summed E-state index contributed by atoms with van der Waals surface area (Å²) in [5.74, 6) is -2.65. The Morgan fingerprint density at radius 2 is 1.70 bits per heavy atom. The normalized spacial score (nSPS) is 21.1. The molecule has 7 nitrogen and oxygen atoms in total. The van der Waals surface area contributed by atoms with Crippen molar-refractivity contribution in [1.29, 1.82) is 0 Å². The summed E-state index contributed by atoms with van der Waals surface area (Å²) in [5, 5.41) is 21.6. The molecule has 2 aliphatic rings. The van der Waals surface area contributed by atoms with Crippen LogP contribution >= 0.6 is 0 Å². The number of phenols is 1. The van der Waals surface area contributed by atoms with Gasteiger partial charge >= 0.3 is 0 Å². The molecule has 0 aliphatic carbocycles. The van der Waals surface area contributed by atoms with Gasteiger partial charge in [-0.25, -0.2) is 4.39 Å². The van der Waals surface area contributed by atoms with Crippen LogP contribution in [0.3, 0.4) is 0 Å². The number of carbonyl (C=O) groups is 2. The molecule has 174 valence electrons.